The second-order valence-corrected chi connectivity index (χ2v) is 7.10. The van der Waals surface area contributed by atoms with Crippen LogP contribution in [0.1, 0.15) is 20.7 Å². The van der Waals surface area contributed by atoms with Crippen molar-refractivity contribution >= 4 is 11.6 Å². The molecule has 0 aromatic heterocycles. The third kappa shape index (κ3) is 4.73. The fraction of sp³-hybridized carbons (Fsp3) is 0.0769. The Balaban J connectivity index is 1.35. The molecular formula is C26H22N2O2. The van der Waals surface area contributed by atoms with Gasteiger partial charge in [0, 0.05) is 35.9 Å². The third-order valence-electron chi connectivity index (χ3n) is 4.96. The second kappa shape index (κ2) is 9.05. The summed E-state index contributed by atoms with van der Waals surface area (Å²) in [5, 5.41) is 0. The lowest BCUT2D eigenvalue weighted by atomic mass is 10.0. The van der Waals surface area contributed by atoms with Crippen molar-refractivity contribution < 1.29 is 9.59 Å². The lowest BCUT2D eigenvalue weighted by molar-refractivity contribution is 0.0961. The minimum absolute atomic E-state index is 0.0807. The van der Waals surface area contributed by atoms with Crippen molar-refractivity contribution in [1.82, 2.24) is 9.80 Å². The molecule has 2 heterocycles. The van der Waals surface area contributed by atoms with Crippen LogP contribution in [-0.4, -0.2) is 34.5 Å². The Kier molecular flexibility index (Phi) is 5.85. The first kappa shape index (κ1) is 19.4. The zero-order chi connectivity index (χ0) is 20.8. The average molecular weight is 394 g/mol. The standard InChI is InChI=1S/C26H22N2O2/c29-25(23-7-3-1-4-8-23)19-27-15-11-21(12-16-27)22-13-17-28(18-14-22)20-26(30)24-9-5-2-6-10-24/h1-18H,19-20H2. The summed E-state index contributed by atoms with van der Waals surface area (Å²) in [6.45, 7) is 0.612. The molecule has 0 N–H and O–H groups in total. The van der Waals surface area contributed by atoms with Gasteiger partial charge >= 0.3 is 0 Å². The van der Waals surface area contributed by atoms with Crippen LogP contribution in [0.15, 0.2) is 121 Å². The molecular weight excluding hydrogens is 372 g/mol. The van der Waals surface area contributed by atoms with Gasteiger partial charge in [0.2, 0.25) is 0 Å². The van der Waals surface area contributed by atoms with Gasteiger partial charge in [-0.15, -0.1) is 0 Å². The predicted octanol–water partition coefficient (Wildman–Crippen LogP) is 4.73. The van der Waals surface area contributed by atoms with Gasteiger partial charge in [-0.3, -0.25) is 9.59 Å². The van der Waals surface area contributed by atoms with Gasteiger partial charge in [0.05, 0.1) is 13.1 Å². The van der Waals surface area contributed by atoms with Gasteiger partial charge in [-0.05, 0) is 35.5 Å². The fourth-order valence-electron chi connectivity index (χ4n) is 3.27. The number of allylic oxidation sites excluding steroid dienone is 6. The van der Waals surface area contributed by atoms with Crippen molar-refractivity contribution in [2.75, 3.05) is 13.1 Å². The van der Waals surface area contributed by atoms with Gasteiger partial charge < -0.3 is 9.80 Å². The first-order chi connectivity index (χ1) is 14.7. The Morgan fingerprint density at radius 2 is 0.867 bits per heavy atom. The number of hydrogen-bond donors (Lipinski definition) is 0. The maximum Gasteiger partial charge on any atom is 0.182 e. The Morgan fingerprint density at radius 3 is 1.20 bits per heavy atom. The van der Waals surface area contributed by atoms with Gasteiger partial charge in [-0.2, -0.15) is 0 Å². The second-order valence-electron chi connectivity index (χ2n) is 7.10. The number of rotatable bonds is 6. The summed E-state index contributed by atoms with van der Waals surface area (Å²) in [4.78, 5) is 28.4. The topological polar surface area (TPSA) is 40.6 Å². The largest absolute Gasteiger partial charge is 0.347 e. The van der Waals surface area contributed by atoms with Crippen LogP contribution in [0.25, 0.3) is 0 Å². The molecule has 0 radical (unpaired) electrons. The van der Waals surface area contributed by atoms with E-state index in [4.69, 9.17) is 0 Å². The summed E-state index contributed by atoms with van der Waals surface area (Å²) in [5.41, 5.74) is 3.54. The Hall–Kier alpha value is -3.92. The van der Waals surface area contributed by atoms with E-state index < -0.39 is 0 Å². The van der Waals surface area contributed by atoms with Crippen LogP contribution in [-0.2, 0) is 0 Å². The van der Waals surface area contributed by atoms with Crippen LogP contribution >= 0.6 is 0 Å². The number of Topliss-reactive ketones (excluding diaryl/α,β-unsaturated/α-hetero) is 2. The minimum Gasteiger partial charge on any atom is -0.347 e. The van der Waals surface area contributed by atoms with Crippen molar-refractivity contribution in [2.24, 2.45) is 0 Å². The van der Waals surface area contributed by atoms with E-state index in [1.54, 1.807) is 0 Å². The first-order valence-corrected chi connectivity index (χ1v) is 9.84. The summed E-state index contributed by atoms with van der Waals surface area (Å²) < 4.78 is 0. The zero-order valence-corrected chi connectivity index (χ0v) is 16.5. The van der Waals surface area contributed by atoms with E-state index >= 15 is 0 Å². The molecule has 0 fully saturated rings. The molecule has 0 aliphatic carbocycles. The molecule has 2 aliphatic rings. The molecule has 0 spiro atoms. The molecule has 0 unspecified atom stereocenters. The lowest BCUT2D eigenvalue weighted by Crippen LogP contribution is -2.22. The van der Waals surface area contributed by atoms with Crippen LogP contribution in [0, 0.1) is 0 Å². The third-order valence-corrected chi connectivity index (χ3v) is 4.96. The van der Waals surface area contributed by atoms with Gasteiger partial charge in [-0.25, -0.2) is 0 Å². The average Bonchev–Trinajstić information content (AvgIpc) is 2.81. The molecule has 0 bridgehead atoms. The summed E-state index contributed by atoms with van der Waals surface area (Å²) >= 11 is 0. The fourth-order valence-corrected chi connectivity index (χ4v) is 3.27. The van der Waals surface area contributed by atoms with Crippen molar-refractivity contribution in [2.45, 2.75) is 0 Å². The summed E-state index contributed by atoms with van der Waals surface area (Å²) in [7, 11) is 0. The highest BCUT2D eigenvalue weighted by atomic mass is 16.1. The quantitative estimate of drug-likeness (QED) is 0.664. The van der Waals surface area contributed by atoms with E-state index in [-0.39, 0.29) is 11.6 Å². The molecule has 4 rings (SSSR count). The van der Waals surface area contributed by atoms with Crippen molar-refractivity contribution in [1.29, 1.82) is 0 Å². The van der Waals surface area contributed by atoms with Crippen LogP contribution in [0.4, 0.5) is 0 Å². The molecule has 0 saturated heterocycles. The first-order valence-electron chi connectivity index (χ1n) is 9.84. The van der Waals surface area contributed by atoms with Gasteiger partial charge in [-0.1, -0.05) is 60.7 Å². The maximum atomic E-state index is 12.3. The van der Waals surface area contributed by atoms with Crippen LogP contribution in [0.5, 0.6) is 0 Å². The molecule has 4 nitrogen and oxygen atoms in total. The number of ketones is 2. The molecule has 2 aromatic rings. The molecule has 0 atom stereocenters. The highest BCUT2D eigenvalue weighted by Crippen LogP contribution is 2.20. The molecule has 0 saturated carbocycles. The summed E-state index contributed by atoms with van der Waals surface area (Å²) in [6.07, 6.45) is 15.6. The van der Waals surface area contributed by atoms with Crippen LogP contribution < -0.4 is 0 Å². The molecule has 4 heteroatoms. The Labute approximate surface area is 176 Å². The van der Waals surface area contributed by atoms with E-state index in [1.807, 2.05) is 120 Å². The van der Waals surface area contributed by atoms with E-state index in [2.05, 4.69) is 0 Å². The van der Waals surface area contributed by atoms with Crippen molar-refractivity contribution in [3.8, 4) is 0 Å². The normalized spacial score (nSPS) is 15.1. The maximum absolute atomic E-state index is 12.3. The molecule has 2 aromatic carbocycles. The molecule has 148 valence electrons. The van der Waals surface area contributed by atoms with E-state index in [0.29, 0.717) is 24.2 Å². The Morgan fingerprint density at radius 1 is 0.533 bits per heavy atom. The number of nitrogens with zero attached hydrogens (tertiary/aromatic N) is 2. The van der Waals surface area contributed by atoms with Crippen molar-refractivity contribution in [3.63, 3.8) is 0 Å². The Bertz CT molecular complexity index is 957. The van der Waals surface area contributed by atoms with E-state index in [0.717, 1.165) is 11.1 Å². The number of carbonyl (C=O) groups is 2. The smallest absolute Gasteiger partial charge is 0.182 e. The van der Waals surface area contributed by atoms with Crippen molar-refractivity contribution in [3.05, 3.63) is 132 Å². The van der Waals surface area contributed by atoms with Gasteiger partial charge in [0.15, 0.2) is 11.6 Å². The zero-order valence-electron chi connectivity index (χ0n) is 16.5. The predicted molar refractivity (Wildman–Crippen MR) is 119 cm³/mol. The van der Waals surface area contributed by atoms with E-state index in [9.17, 15) is 9.59 Å². The number of benzene rings is 2. The molecule has 0 amide bonds. The molecule has 2 aliphatic heterocycles. The van der Waals surface area contributed by atoms with Crippen LogP contribution in [0.2, 0.25) is 0 Å². The minimum atomic E-state index is 0.0807. The SMILES string of the molecule is O=C(CN1C=CC(=C2C=CN(CC(=O)c3ccccc3)C=C2)C=C1)c1ccccc1. The number of carbonyl (C=O) groups excluding carboxylic acids is 2. The van der Waals surface area contributed by atoms with Gasteiger partial charge in [0.25, 0.3) is 0 Å². The molecule has 30 heavy (non-hydrogen) atoms. The van der Waals surface area contributed by atoms with Crippen LogP contribution in [0.3, 0.4) is 0 Å². The summed E-state index contributed by atoms with van der Waals surface area (Å²) in [5.74, 6) is 0.161. The highest BCUT2D eigenvalue weighted by Gasteiger charge is 2.13. The van der Waals surface area contributed by atoms with Gasteiger partial charge in [0.1, 0.15) is 0 Å². The summed E-state index contributed by atoms with van der Waals surface area (Å²) in [6, 6.07) is 18.6. The highest BCUT2D eigenvalue weighted by molar-refractivity contribution is 5.98. The number of hydrogen-bond acceptors (Lipinski definition) is 4. The monoisotopic (exact) mass is 394 g/mol. The lowest BCUT2D eigenvalue weighted by Gasteiger charge is -2.21. The van der Waals surface area contributed by atoms with E-state index in [1.165, 1.54) is 0 Å².